The highest BCUT2D eigenvalue weighted by molar-refractivity contribution is 5.76. The number of aldehydes is 1. The summed E-state index contributed by atoms with van der Waals surface area (Å²) in [5.41, 5.74) is 2.93. The maximum atomic E-state index is 10.8. The maximum absolute atomic E-state index is 10.8. The number of aryl methyl sites for hydroxylation is 1. The van der Waals surface area contributed by atoms with E-state index in [9.17, 15) is 4.79 Å². The first-order valence-corrected chi connectivity index (χ1v) is 9.12. The smallest absolute Gasteiger partial charge is 0.161 e. The second-order valence-electron chi connectivity index (χ2n) is 6.53. The third kappa shape index (κ3) is 6.29. The van der Waals surface area contributed by atoms with Crippen molar-refractivity contribution in [2.24, 2.45) is 0 Å². The van der Waals surface area contributed by atoms with Gasteiger partial charge in [0.2, 0.25) is 0 Å². The first-order chi connectivity index (χ1) is 13.0. The van der Waals surface area contributed by atoms with E-state index in [0.29, 0.717) is 49.4 Å². The largest absolute Gasteiger partial charge is 0.493 e. The highest BCUT2D eigenvalue weighted by Crippen LogP contribution is 2.28. The molecular weight excluding hydrogens is 344 g/mol. The van der Waals surface area contributed by atoms with Gasteiger partial charge in [-0.2, -0.15) is 0 Å². The molecular formula is C22H28O5. The molecule has 5 heteroatoms. The molecule has 0 aliphatic carbocycles. The summed E-state index contributed by atoms with van der Waals surface area (Å²) in [6, 6.07) is 11.3. The van der Waals surface area contributed by atoms with Gasteiger partial charge in [0, 0.05) is 5.56 Å². The van der Waals surface area contributed by atoms with Crippen LogP contribution in [0.25, 0.3) is 0 Å². The molecule has 0 spiro atoms. The van der Waals surface area contributed by atoms with E-state index in [1.54, 1.807) is 25.3 Å². The van der Waals surface area contributed by atoms with Crippen molar-refractivity contribution in [2.45, 2.75) is 26.7 Å². The molecule has 0 aliphatic heterocycles. The zero-order valence-corrected chi connectivity index (χ0v) is 16.5. The van der Waals surface area contributed by atoms with Gasteiger partial charge in [0.1, 0.15) is 25.2 Å². The van der Waals surface area contributed by atoms with Gasteiger partial charge in [0.25, 0.3) is 0 Å². The van der Waals surface area contributed by atoms with Crippen molar-refractivity contribution in [3.8, 4) is 17.2 Å². The summed E-state index contributed by atoms with van der Waals surface area (Å²) < 4.78 is 22.3. The number of methoxy groups -OCH3 is 1. The standard InChI is InChI=1S/C22H28O5/c1-16(2)19-7-5-17(3)13-21(19)27-12-10-25-9-11-26-20-8-6-18(15-23)14-22(20)24-4/h5-8,13-16H,9-12H2,1-4H3. The van der Waals surface area contributed by atoms with Gasteiger partial charge in [0.05, 0.1) is 20.3 Å². The monoisotopic (exact) mass is 372 g/mol. The fourth-order valence-corrected chi connectivity index (χ4v) is 2.64. The van der Waals surface area contributed by atoms with Crippen LogP contribution in [0.15, 0.2) is 36.4 Å². The summed E-state index contributed by atoms with van der Waals surface area (Å²) in [6.45, 7) is 8.16. The van der Waals surface area contributed by atoms with Gasteiger partial charge >= 0.3 is 0 Å². The van der Waals surface area contributed by atoms with Crippen molar-refractivity contribution in [3.63, 3.8) is 0 Å². The molecule has 27 heavy (non-hydrogen) atoms. The minimum atomic E-state index is 0.387. The van der Waals surface area contributed by atoms with E-state index in [-0.39, 0.29) is 0 Å². The molecule has 0 saturated carbocycles. The molecule has 0 fully saturated rings. The molecule has 0 bridgehead atoms. The molecule has 0 heterocycles. The van der Waals surface area contributed by atoms with Gasteiger partial charge in [0.15, 0.2) is 11.5 Å². The van der Waals surface area contributed by atoms with E-state index in [1.165, 1.54) is 11.1 Å². The Morgan fingerprint density at radius 3 is 2.22 bits per heavy atom. The lowest BCUT2D eigenvalue weighted by molar-refractivity contribution is 0.0754. The minimum Gasteiger partial charge on any atom is -0.493 e. The Hall–Kier alpha value is -2.53. The number of carbonyl (C=O) groups excluding carboxylic acids is 1. The average molecular weight is 372 g/mol. The third-order valence-electron chi connectivity index (χ3n) is 4.09. The molecule has 0 atom stereocenters. The van der Waals surface area contributed by atoms with Gasteiger partial charge < -0.3 is 18.9 Å². The van der Waals surface area contributed by atoms with Crippen LogP contribution >= 0.6 is 0 Å². The summed E-state index contributed by atoms with van der Waals surface area (Å²) in [7, 11) is 1.54. The minimum absolute atomic E-state index is 0.387. The molecule has 0 saturated heterocycles. The van der Waals surface area contributed by atoms with Crippen molar-refractivity contribution in [3.05, 3.63) is 53.1 Å². The number of hydrogen-bond acceptors (Lipinski definition) is 5. The summed E-state index contributed by atoms with van der Waals surface area (Å²) in [5, 5.41) is 0. The zero-order chi connectivity index (χ0) is 19.6. The molecule has 5 nitrogen and oxygen atoms in total. The zero-order valence-electron chi connectivity index (χ0n) is 16.5. The van der Waals surface area contributed by atoms with Crippen LogP contribution in [-0.4, -0.2) is 39.8 Å². The molecule has 0 N–H and O–H groups in total. The first kappa shape index (κ1) is 20.8. The van der Waals surface area contributed by atoms with Crippen molar-refractivity contribution in [2.75, 3.05) is 33.5 Å². The summed E-state index contributed by atoms with van der Waals surface area (Å²) >= 11 is 0. The van der Waals surface area contributed by atoms with E-state index in [1.807, 2.05) is 0 Å². The van der Waals surface area contributed by atoms with Crippen LogP contribution in [-0.2, 0) is 4.74 Å². The highest BCUT2D eigenvalue weighted by atomic mass is 16.6. The molecule has 0 aromatic heterocycles. The fraction of sp³-hybridized carbons (Fsp3) is 0.409. The predicted molar refractivity (Wildman–Crippen MR) is 105 cm³/mol. The Labute approximate surface area is 161 Å². The Balaban J connectivity index is 1.71. The number of benzene rings is 2. The number of rotatable bonds is 11. The lowest BCUT2D eigenvalue weighted by Gasteiger charge is -2.15. The van der Waals surface area contributed by atoms with Crippen LogP contribution < -0.4 is 14.2 Å². The topological polar surface area (TPSA) is 54.0 Å². The first-order valence-electron chi connectivity index (χ1n) is 9.12. The predicted octanol–water partition coefficient (Wildman–Crippen LogP) is 4.41. The molecule has 2 rings (SSSR count). The molecule has 0 aliphatic rings. The number of hydrogen-bond donors (Lipinski definition) is 0. The number of carbonyl (C=O) groups is 1. The summed E-state index contributed by atoms with van der Waals surface area (Å²) in [5.74, 6) is 2.45. The molecule has 146 valence electrons. The van der Waals surface area contributed by atoms with E-state index in [0.717, 1.165) is 12.0 Å². The van der Waals surface area contributed by atoms with Gasteiger partial charge in [-0.1, -0.05) is 26.0 Å². The van der Waals surface area contributed by atoms with Crippen LogP contribution in [0.1, 0.15) is 41.3 Å². The van der Waals surface area contributed by atoms with Gasteiger partial charge in [-0.3, -0.25) is 4.79 Å². The summed E-state index contributed by atoms with van der Waals surface area (Å²) in [6.07, 6.45) is 0.772. The van der Waals surface area contributed by atoms with Gasteiger partial charge in [-0.25, -0.2) is 0 Å². The van der Waals surface area contributed by atoms with Gasteiger partial charge in [-0.05, 0) is 48.2 Å². The van der Waals surface area contributed by atoms with Crippen molar-refractivity contribution < 1.29 is 23.7 Å². The van der Waals surface area contributed by atoms with Crippen LogP contribution in [0.3, 0.4) is 0 Å². The third-order valence-corrected chi connectivity index (χ3v) is 4.09. The Morgan fingerprint density at radius 1 is 0.889 bits per heavy atom. The molecule has 0 radical (unpaired) electrons. The highest BCUT2D eigenvalue weighted by Gasteiger charge is 2.08. The molecule has 0 unspecified atom stereocenters. The average Bonchev–Trinajstić information content (AvgIpc) is 2.67. The fourth-order valence-electron chi connectivity index (χ4n) is 2.64. The molecule has 0 amide bonds. The Kier molecular flexibility index (Phi) is 8.14. The van der Waals surface area contributed by atoms with E-state index in [2.05, 4.69) is 39.0 Å². The van der Waals surface area contributed by atoms with Crippen LogP contribution in [0, 0.1) is 6.92 Å². The molecule has 2 aromatic carbocycles. The lowest BCUT2D eigenvalue weighted by Crippen LogP contribution is -2.13. The second-order valence-corrected chi connectivity index (χ2v) is 6.53. The molecule has 2 aromatic rings. The van der Waals surface area contributed by atoms with Crippen LogP contribution in [0.5, 0.6) is 17.2 Å². The maximum Gasteiger partial charge on any atom is 0.161 e. The second kappa shape index (κ2) is 10.6. The van der Waals surface area contributed by atoms with Crippen molar-refractivity contribution in [1.82, 2.24) is 0 Å². The van der Waals surface area contributed by atoms with Crippen LogP contribution in [0.2, 0.25) is 0 Å². The van der Waals surface area contributed by atoms with E-state index in [4.69, 9.17) is 18.9 Å². The van der Waals surface area contributed by atoms with Crippen molar-refractivity contribution in [1.29, 1.82) is 0 Å². The Morgan fingerprint density at radius 2 is 1.59 bits per heavy atom. The van der Waals surface area contributed by atoms with Crippen LogP contribution in [0.4, 0.5) is 0 Å². The Bertz CT molecular complexity index is 739. The van der Waals surface area contributed by atoms with E-state index >= 15 is 0 Å². The lowest BCUT2D eigenvalue weighted by atomic mass is 10.0. The SMILES string of the molecule is COc1cc(C=O)ccc1OCCOCCOc1cc(C)ccc1C(C)C. The summed E-state index contributed by atoms with van der Waals surface area (Å²) in [4.78, 5) is 10.8. The quantitative estimate of drug-likeness (QED) is 0.432. The normalized spacial score (nSPS) is 10.7. The van der Waals surface area contributed by atoms with E-state index < -0.39 is 0 Å². The van der Waals surface area contributed by atoms with Gasteiger partial charge in [-0.15, -0.1) is 0 Å². The van der Waals surface area contributed by atoms with Crippen molar-refractivity contribution >= 4 is 6.29 Å². The number of ether oxygens (including phenoxy) is 4.